The van der Waals surface area contributed by atoms with Gasteiger partial charge in [-0.2, -0.15) is 0 Å². The van der Waals surface area contributed by atoms with E-state index in [2.05, 4.69) is 5.32 Å². The molecule has 3 rings (SSSR count). The summed E-state index contributed by atoms with van der Waals surface area (Å²) in [5.74, 6) is 0.597. The predicted molar refractivity (Wildman–Crippen MR) is 89.6 cm³/mol. The van der Waals surface area contributed by atoms with E-state index in [0.29, 0.717) is 22.6 Å². The van der Waals surface area contributed by atoms with E-state index in [-0.39, 0.29) is 16.6 Å². The molecule has 7 heteroatoms. The van der Waals surface area contributed by atoms with E-state index in [1.807, 2.05) is 0 Å². The molecule has 124 valence electrons. The van der Waals surface area contributed by atoms with Gasteiger partial charge in [0.05, 0.1) is 24.5 Å². The van der Waals surface area contributed by atoms with Crippen LogP contribution < -0.4 is 10.1 Å². The molecule has 1 N–H and O–H groups in total. The van der Waals surface area contributed by atoms with Gasteiger partial charge < -0.3 is 14.8 Å². The Morgan fingerprint density at radius 1 is 1.00 bits per heavy atom. The second-order valence-corrected chi connectivity index (χ2v) is 6.89. The van der Waals surface area contributed by atoms with Crippen LogP contribution in [-0.2, 0) is 14.6 Å². The highest BCUT2D eigenvalue weighted by molar-refractivity contribution is 7.94. The highest BCUT2D eigenvalue weighted by atomic mass is 32.2. The smallest absolute Gasteiger partial charge is 0.255 e. The maximum absolute atomic E-state index is 12.3. The average Bonchev–Trinajstić information content (AvgIpc) is 2.85. The van der Waals surface area contributed by atoms with Gasteiger partial charge in [-0.15, -0.1) is 0 Å². The Bertz CT molecular complexity index is 930. The number of hydrogen-bond donors (Lipinski definition) is 1. The van der Waals surface area contributed by atoms with Gasteiger partial charge in [-0.05, 0) is 42.5 Å². The monoisotopic (exact) mass is 345 g/mol. The van der Waals surface area contributed by atoms with Gasteiger partial charge in [0.25, 0.3) is 5.91 Å². The van der Waals surface area contributed by atoms with Gasteiger partial charge >= 0.3 is 0 Å². The molecule has 0 fully saturated rings. The lowest BCUT2D eigenvalue weighted by atomic mass is 10.1. The number of fused-ring (bicyclic) bond motifs is 1. The van der Waals surface area contributed by atoms with Crippen LogP contribution in [0.15, 0.2) is 52.8 Å². The molecule has 0 aromatic heterocycles. The van der Waals surface area contributed by atoms with Crippen molar-refractivity contribution >= 4 is 27.2 Å². The largest absolute Gasteiger partial charge is 0.497 e. The van der Waals surface area contributed by atoms with E-state index in [0.717, 1.165) is 5.41 Å². The second-order valence-electron chi connectivity index (χ2n) is 5.12. The van der Waals surface area contributed by atoms with E-state index in [4.69, 9.17) is 9.47 Å². The first-order valence-electron chi connectivity index (χ1n) is 7.05. The third-order valence-electron chi connectivity index (χ3n) is 3.65. The van der Waals surface area contributed by atoms with Gasteiger partial charge in [-0.25, -0.2) is 8.42 Å². The number of nitrogens with one attached hydrogen (secondary N) is 1. The van der Waals surface area contributed by atoms with Crippen molar-refractivity contribution in [2.75, 3.05) is 19.5 Å². The Morgan fingerprint density at radius 2 is 1.71 bits per heavy atom. The molecule has 0 aliphatic carbocycles. The maximum Gasteiger partial charge on any atom is 0.255 e. The zero-order valence-electron chi connectivity index (χ0n) is 13.1. The molecule has 24 heavy (non-hydrogen) atoms. The highest BCUT2D eigenvalue weighted by Crippen LogP contribution is 2.35. The molecular weight excluding hydrogens is 330 g/mol. The summed E-state index contributed by atoms with van der Waals surface area (Å²) < 4.78 is 34.3. The zero-order chi connectivity index (χ0) is 17.3. The molecule has 2 aromatic carbocycles. The standard InChI is InChI=1S/C17H15NO5S/c1-22-13-6-3-11(4-7-13)17(19)18-12-5-8-14-15(23-2)10-24(20,21)16(14)9-12/h3-10H,1-2H3,(H,18,19). The quantitative estimate of drug-likeness (QED) is 0.921. The minimum atomic E-state index is -3.55. The topological polar surface area (TPSA) is 81.7 Å². The predicted octanol–water partition coefficient (Wildman–Crippen LogP) is 2.68. The zero-order valence-corrected chi connectivity index (χ0v) is 13.9. The summed E-state index contributed by atoms with van der Waals surface area (Å²) in [6.45, 7) is 0. The van der Waals surface area contributed by atoms with Crippen molar-refractivity contribution in [1.29, 1.82) is 0 Å². The van der Waals surface area contributed by atoms with Gasteiger partial charge in [-0.1, -0.05) is 0 Å². The number of carbonyl (C=O) groups excluding carboxylic acids is 1. The van der Waals surface area contributed by atoms with Gasteiger partial charge in [-0.3, -0.25) is 4.79 Å². The normalized spacial score (nSPS) is 14.5. The van der Waals surface area contributed by atoms with Crippen molar-refractivity contribution in [3.63, 3.8) is 0 Å². The van der Waals surface area contributed by atoms with E-state index in [1.165, 1.54) is 13.2 Å². The third-order valence-corrected chi connectivity index (χ3v) is 5.12. The summed E-state index contributed by atoms with van der Waals surface area (Å²) in [6.07, 6.45) is 0. The lowest BCUT2D eigenvalue weighted by Gasteiger charge is -2.09. The number of methoxy groups -OCH3 is 2. The fourth-order valence-electron chi connectivity index (χ4n) is 2.41. The van der Waals surface area contributed by atoms with E-state index in [9.17, 15) is 13.2 Å². The molecule has 0 saturated heterocycles. The Morgan fingerprint density at radius 3 is 2.33 bits per heavy atom. The Balaban J connectivity index is 1.86. The number of anilines is 1. The van der Waals surface area contributed by atoms with Crippen molar-refractivity contribution in [3.8, 4) is 5.75 Å². The molecule has 0 bridgehead atoms. The van der Waals surface area contributed by atoms with Crippen LogP contribution >= 0.6 is 0 Å². The number of ether oxygens (including phenoxy) is 2. The van der Waals surface area contributed by atoms with Gasteiger partial charge in [0.2, 0.25) is 9.84 Å². The van der Waals surface area contributed by atoms with Crippen LogP contribution in [0.2, 0.25) is 0 Å². The minimum Gasteiger partial charge on any atom is -0.497 e. The van der Waals surface area contributed by atoms with Crippen LogP contribution in [0.3, 0.4) is 0 Å². The minimum absolute atomic E-state index is 0.117. The molecule has 0 saturated carbocycles. The van der Waals surface area contributed by atoms with Crippen molar-refractivity contribution in [1.82, 2.24) is 0 Å². The fourth-order valence-corrected chi connectivity index (χ4v) is 3.81. The Hall–Kier alpha value is -2.80. The van der Waals surface area contributed by atoms with Crippen LogP contribution in [0.25, 0.3) is 5.76 Å². The van der Waals surface area contributed by atoms with Crippen molar-refractivity contribution in [2.24, 2.45) is 0 Å². The number of rotatable bonds is 4. The van der Waals surface area contributed by atoms with Crippen LogP contribution in [0.1, 0.15) is 15.9 Å². The molecule has 1 aliphatic heterocycles. The molecule has 0 spiro atoms. The van der Waals surface area contributed by atoms with Crippen LogP contribution in [-0.4, -0.2) is 28.5 Å². The first-order valence-corrected chi connectivity index (χ1v) is 8.60. The number of sulfone groups is 1. The summed E-state index contributed by atoms with van der Waals surface area (Å²) in [6, 6.07) is 11.3. The van der Waals surface area contributed by atoms with Crippen molar-refractivity contribution in [3.05, 3.63) is 59.0 Å². The second kappa shape index (κ2) is 6.01. The molecule has 6 nitrogen and oxygen atoms in total. The molecule has 1 aliphatic rings. The lowest BCUT2D eigenvalue weighted by molar-refractivity contribution is 0.102. The summed E-state index contributed by atoms with van der Waals surface area (Å²) >= 11 is 0. The SMILES string of the molecule is COC1=CS(=O)(=O)c2cc(NC(=O)c3ccc(OC)cc3)ccc21. The number of benzene rings is 2. The summed E-state index contributed by atoms with van der Waals surface area (Å²) in [5.41, 5.74) is 1.32. The van der Waals surface area contributed by atoms with E-state index >= 15 is 0 Å². The first-order chi connectivity index (χ1) is 11.4. The fraction of sp³-hybridized carbons (Fsp3) is 0.118. The first kappa shape index (κ1) is 16.1. The van der Waals surface area contributed by atoms with Gasteiger partial charge in [0.1, 0.15) is 11.5 Å². The molecule has 0 radical (unpaired) electrons. The van der Waals surface area contributed by atoms with Gasteiger partial charge in [0, 0.05) is 16.8 Å². The van der Waals surface area contributed by atoms with Crippen molar-refractivity contribution in [2.45, 2.75) is 4.90 Å². The molecular formula is C17H15NO5S. The van der Waals surface area contributed by atoms with E-state index < -0.39 is 9.84 Å². The maximum atomic E-state index is 12.3. The lowest BCUT2D eigenvalue weighted by Crippen LogP contribution is -2.12. The number of amides is 1. The molecule has 0 unspecified atom stereocenters. The molecule has 0 atom stereocenters. The summed E-state index contributed by atoms with van der Waals surface area (Å²) in [7, 11) is -0.597. The average molecular weight is 345 g/mol. The number of carbonyl (C=O) groups is 1. The number of hydrogen-bond acceptors (Lipinski definition) is 5. The van der Waals surface area contributed by atoms with Crippen LogP contribution in [0, 0.1) is 0 Å². The summed E-state index contributed by atoms with van der Waals surface area (Å²) in [4.78, 5) is 12.4. The Labute approximate surface area is 139 Å². The molecule has 1 heterocycles. The van der Waals surface area contributed by atoms with Crippen LogP contribution in [0.4, 0.5) is 5.69 Å². The van der Waals surface area contributed by atoms with Gasteiger partial charge in [0.15, 0.2) is 0 Å². The summed E-state index contributed by atoms with van der Waals surface area (Å²) in [5, 5.41) is 3.76. The molecule has 1 amide bonds. The Kier molecular flexibility index (Phi) is 4.02. The highest BCUT2D eigenvalue weighted by Gasteiger charge is 2.28. The molecule has 2 aromatic rings. The van der Waals surface area contributed by atoms with Crippen molar-refractivity contribution < 1.29 is 22.7 Å². The van der Waals surface area contributed by atoms with Crippen LogP contribution in [0.5, 0.6) is 5.75 Å². The third kappa shape index (κ3) is 2.85. The van der Waals surface area contributed by atoms with E-state index in [1.54, 1.807) is 43.5 Å².